The van der Waals surface area contributed by atoms with Gasteiger partial charge in [0.2, 0.25) is 11.8 Å². The summed E-state index contributed by atoms with van der Waals surface area (Å²) in [5, 5.41) is 3.50. The number of fused-ring (bicyclic) bond motifs is 1. The molecule has 130 valence electrons. The highest BCUT2D eigenvalue weighted by atomic mass is 32.2. The lowest BCUT2D eigenvalue weighted by molar-refractivity contribution is -0.135. The molecule has 2 aliphatic rings. The van der Waals surface area contributed by atoms with Crippen LogP contribution in [0.2, 0.25) is 0 Å². The average Bonchev–Trinajstić information content (AvgIpc) is 3.25. The van der Waals surface area contributed by atoms with Gasteiger partial charge in [-0.3, -0.25) is 9.59 Å². The summed E-state index contributed by atoms with van der Waals surface area (Å²) in [6.07, 6.45) is 3.96. The number of carbonyl (C=O) groups excluding carboxylic acids is 2. The van der Waals surface area contributed by atoms with E-state index in [1.165, 1.54) is 16.9 Å². The number of nitrogens with one attached hydrogen (secondary N) is 1. The number of amides is 2. The molecule has 0 bridgehead atoms. The number of anilines is 1. The van der Waals surface area contributed by atoms with Crippen molar-refractivity contribution < 1.29 is 9.59 Å². The van der Waals surface area contributed by atoms with Gasteiger partial charge in [-0.25, -0.2) is 4.98 Å². The predicted octanol–water partition coefficient (Wildman–Crippen LogP) is 3.13. The number of carbonyl (C=O) groups is 2. The van der Waals surface area contributed by atoms with Crippen LogP contribution >= 0.6 is 23.1 Å². The van der Waals surface area contributed by atoms with Gasteiger partial charge in [0.05, 0.1) is 4.87 Å². The van der Waals surface area contributed by atoms with Gasteiger partial charge in [0, 0.05) is 29.7 Å². The molecule has 2 fully saturated rings. The molecular formula is C18H19N3O2S2. The molecule has 0 spiro atoms. The van der Waals surface area contributed by atoms with Gasteiger partial charge in [-0.05, 0) is 18.9 Å². The maximum Gasteiger partial charge on any atom is 0.249 e. The fraction of sp³-hybridized carbons (Fsp3) is 0.389. The third kappa shape index (κ3) is 3.18. The van der Waals surface area contributed by atoms with E-state index in [0.717, 1.165) is 17.7 Å². The summed E-state index contributed by atoms with van der Waals surface area (Å²) in [5.74, 6) is 0.597. The Morgan fingerprint density at radius 2 is 2.20 bits per heavy atom. The van der Waals surface area contributed by atoms with Crippen LogP contribution in [0, 0.1) is 0 Å². The Balaban J connectivity index is 1.43. The zero-order chi connectivity index (χ0) is 17.4. The average molecular weight is 374 g/mol. The maximum absolute atomic E-state index is 12.7. The number of thioether (sulfide) groups is 1. The standard InChI is InChI=1S/C18H19N3O2S2/c1-18-8-7-15(22)21(18)14(11-24-18)16(23)20-17-19-10-13(25-17)9-12-5-3-2-4-6-12/h2-6,10,14H,7-9,11H2,1H3,(H,19,20,23). The van der Waals surface area contributed by atoms with Gasteiger partial charge >= 0.3 is 0 Å². The molecule has 2 aliphatic heterocycles. The molecule has 2 saturated heterocycles. The van der Waals surface area contributed by atoms with Crippen molar-refractivity contribution in [2.45, 2.75) is 37.1 Å². The maximum atomic E-state index is 12.7. The highest BCUT2D eigenvalue weighted by molar-refractivity contribution is 8.01. The SMILES string of the molecule is CC12CCC(=O)N1C(C(=O)Nc1ncc(Cc3ccccc3)s1)CS2. The van der Waals surface area contributed by atoms with Crippen LogP contribution in [-0.2, 0) is 16.0 Å². The Morgan fingerprint density at radius 1 is 1.40 bits per heavy atom. The minimum Gasteiger partial charge on any atom is -0.315 e. The second kappa shape index (κ2) is 6.46. The summed E-state index contributed by atoms with van der Waals surface area (Å²) in [6, 6.07) is 9.78. The van der Waals surface area contributed by atoms with E-state index in [9.17, 15) is 9.59 Å². The fourth-order valence-electron chi connectivity index (χ4n) is 3.45. The van der Waals surface area contributed by atoms with Gasteiger partial charge in [-0.15, -0.1) is 23.1 Å². The molecule has 3 heterocycles. The second-order valence-corrected chi connectivity index (χ2v) is 9.17. The van der Waals surface area contributed by atoms with E-state index in [0.29, 0.717) is 17.3 Å². The van der Waals surface area contributed by atoms with Crippen LogP contribution in [0.5, 0.6) is 0 Å². The molecular weight excluding hydrogens is 354 g/mol. The van der Waals surface area contributed by atoms with E-state index in [4.69, 9.17) is 0 Å². The molecule has 0 saturated carbocycles. The molecule has 2 unspecified atom stereocenters. The number of rotatable bonds is 4. The first kappa shape index (κ1) is 16.6. The quantitative estimate of drug-likeness (QED) is 0.894. The topological polar surface area (TPSA) is 62.3 Å². The summed E-state index contributed by atoms with van der Waals surface area (Å²) in [5.41, 5.74) is 1.22. The van der Waals surface area contributed by atoms with E-state index in [1.807, 2.05) is 24.4 Å². The fourth-order valence-corrected chi connectivity index (χ4v) is 5.73. The molecule has 0 aliphatic carbocycles. The molecule has 7 heteroatoms. The molecule has 0 radical (unpaired) electrons. The molecule has 4 rings (SSSR count). The van der Waals surface area contributed by atoms with Crippen molar-refractivity contribution in [2.75, 3.05) is 11.1 Å². The number of benzene rings is 1. The van der Waals surface area contributed by atoms with E-state index in [1.54, 1.807) is 16.7 Å². The van der Waals surface area contributed by atoms with E-state index in [-0.39, 0.29) is 16.7 Å². The first-order valence-electron chi connectivity index (χ1n) is 8.31. The Labute approximate surface area is 154 Å². The minimum absolute atomic E-state index is 0.0801. The zero-order valence-corrected chi connectivity index (χ0v) is 15.5. The van der Waals surface area contributed by atoms with Crippen LogP contribution in [0.1, 0.15) is 30.2 Å². The van der Waals surface area contributed by atoms with E-state index in [2.05, 4.69) is 29.4 Å². The van der Waals surface area contributed by atoms with Gasteiger partial charge < -0.3 is 10.2 Å². The van der Waals surface area contributed by atoms with Gasteiger partial charge in [-0.1, -0.05) is 30.3 Å². The van der Waals surface area contributed by atoms with Crippen molar-refractivity contribution >= 4 is 40.0 Å². The molecule has 2 amide bonds. The molecule has 2 atom stereocenters. The third-order valence-corrected chi connectivity index (χ3v) is 7.17. The molecule has 5 nitrogen and oxygen atoms in total. The van der Waals surface area contributed by atoms with Crippen LogP contribution in [-0.4, -0.2) is 38.4 Å². The molecule has 1 aromatic carbocycles. The van der Waals surface area contributed by atoms with Crippen molar-refractivity contribution in [3.8, 4) is 0 Å². The third-order valence-electron chi connectivity index (χ3n) is 4.75. The van der Waals surface area contributed by atoms with Crippen LogP contribution in [0.3, 0.4) is 0 Å². The smallest absolute Gasteiger partial charge is 0.249 e. The van der Waals surface area contributed by atoms with Gasteiger partial charge in [0.25, 0.3) is 0 Å². The lowest BCUT2D eigenvalue weighted by atomic mass is 10.1. The highest BCUT2D eigenvalue weighted by Gasteiger charge is 2.52. The Bertz CT molecular complexity index is 808. The number of aromatic nitrogens is 1. The summed E-state index contributed by atoms with van der Waals surface area (Å²) in [4.78, 5) is 31.8. The number of thiazole rings is 1. The largest absolute Gasteiger partial charge is 0.315 e. The highest BCUT2D eigenvalue weighted by Crippen LogP contribution is 2.47. The summed E-state index contributed by atoms with van der Waals surface area (Å²) in [6.45, 7) is 2.05. The van der Waals surface area contributed by atoms with Crippen LogP contribution in [0.4, 0.5) is 5.13 Å². The number of hydrogen-bond acceptors (Lipinski definition) is 5. The monoisotopic (exact) mass is 373 g/mol. The first-order chi connectivity index (χ1) is 12.0. The molecule has 1 N–H and O–H groups in total. The summed E-state index contributed by atoms with van der Waals surface area (Å²) < 4.78 is 0. The number of hydrogen-bond donors (Lipinski definition) is 1. The van der Waals surface area contributed by atoms with Crippen molar-refractivity contribution in [3.05, 3.63) is 47.0 Å². The molecule has 25 heavy (non-hydrogen) atoms. The lowest BCUT2D eigenvalue weighted by Crippen LogP contribution is -2.48. The first-order valence-corrected chi connectivity index (χ1v) is 10.1. The Kier molecular flexibility index (Phi) is 4.29. The van der Waals surface area contributed by atoms with Crippen molar-refractivity contribution in [1.82, 2.24) is 9.88 Å². The van der Waals surface area contributed by atoms with Gasteiger partial charge in [0.15, 0.2) is 5.13 Å². The van der Waals surface area contributed by atoms with Crippen LogP contribution < -0.4 is 5.32 Å². The lowest BCUT2D eigenvalue weighted by Gasteiger charge is -2.29. The second-order valence-electron chi connectivity index (χ2n) is 6.55. The van der Waals surface area contributed by atoms with Gasteiger partial charge in [0.1, 0.15) is 6.04 Å². The van der Waals surface area contributed by atoms with Crippen LogP contribution in [0.15, 0.2) is 36.5 Å². The van der Waals surface area contributed by atoms with Gasteiger partial charge in [-0.2, -0.15) is 0 Å². The van der Waals surface area contributed by atoms with Crippen molar-refractivity contribution in [3.63, 3.8) is 0 Å². The Morgan fingerprint density at radius 3 is 3.00 bits per heavy atom. The zero-order valence-electron chi connectivity index (χ0n) is 13.9. The van der Waals surface area contributed by atoms with E-state index < -0.39 is 6.04 Å². The molecule has 1 aromatic heterocycles. The van der Waals surface area contributed by atoms with Crippen LogP contribution in [0.25, 0.3) is 0 Å². The Hall–Kier alpha value is -1.86. The van der Waals surface area contributed by atoms with E-state index >= 15 is 0 Å². The summed E-state index contributed by atoms with van der Waals surface area (Å²) in [7, 11) is 0. The predicted molar refractivity (Wildman–Crippen MR) is 101 cm³/mol. The van der Waals surface area contributed by atoms with Crippen molar-refractivity contribution in [1.29, 1.82) is 0 Å². The normalized spacial score (nSPS) is 25.2. The molecule has 2 aromatic rings. The summed E-state index contributed by atoms with van der Waals surface area (Å²) >= 11 is 3.19. The van der Waals surface area contributed by atoms with Crippen molar-refractivity contribution in [2.24, 2.45) is 0 Å². The number of nitrogens with zero attached hydrogens (tertiary/aromatic N) is 2. The minimum atomic E-state index is -0.397.